The van der Waals surface area contributed by atoms with Crippen molar-refractivity contribution in [2.45, 2.75) is 39.5 Å². The minimum Gasteiger partial charge on any atom is -0.339 e. The molecule has 4 nitrogen and oxygen atoms in total. The third-order valence-electron chi connectivity index (χ3n) is 4.95. The number of para-hydroxylation sites is 1. The Balaban J connectivity index is 1.76. The van der Waals surface area contributed by atoms with Crippen molar-refractivity contribution in [1.82, 2.24) is 4.90 Å². The Kier molecular flexibility index (Phi) is 5.40. The van der Waals surface area contributed by atoms with Crippen molar-refractivity contribution >= 4 is 17.5 Å². The van der Waals surface area contributed by atoms with Gasteiger partial charge >= 0.3 is 0 Å². The van der Waals surface area contributed by atoms with Gasteiger partial charge in [-0.1, -0.05) is 32.0 Å². The molecule has 0 radical (unpaired) electrons. The maximum Gasteiger partial charge on any atom is 0.255 e. The first-order valence-corrected chi connectivity index (χ1v) is 9.27. The molecule has 0 aliphatic carbocycles. The van der Waals surface area contributed by atoms with Crippen molar-refractivity contribution in [3.8, 4) is 0 Å². The van der Waals surface area contributed by atoms with Crippen molar-refractivity contribution < 1.29 is 9.59 Å². The monoisotopic (exact) mass is 350 g/mol. The molecule has 0 saturated carbocycles. The lowest BCUT2D eigenvalue weighted by atomic mass is 9.98. The van der Waals surface area contributed by atoms with Crippen LogP contribution in [0.4, 0.5) is 5.69 Å². The lowest BCUT2D eigenvalue weighted by Crippen LogP contribution is -2.27. The highest BCUT2D eigenvalue weighted by molar-refractivity contribution is 6.05. The Morgan fingerprint density at radius 2 is 1.58 bits per heavy atom. The number of hydrogen-bond acceptors (Lipinski definition) is 2. The SMILES string of the molecule is Cc1cccc(C(C)C)c1NC(=O)c1ccc(C(=O)N2CCCC2)cc1. The summed E-state index contributed by atoms with van der Waals surface area (Å²) in [5.74, 6) is 0.225. The van der Waals surface area contributed by atoms with Crippen molar-refractivity contribution in [3.63, 3.8) is 0 Å². The summed E-state index contributed by atoms with van der Waals surface area (Å²) < 4.78 is 0. The number of carbonyl (C=O) groups is 2. The second-order valence-electron chi connectivity index (χ2n) is 7.22. The molecule has 2 aromatic rings. The number of amides is 2. The van der Waals surface area contributed by atoms with Crippen LogP contribution in [0.1, 0.15) is 64.4 Å². The van der Waals surface area contributed by atoms with Gasteiger partial charge in [-0.25, -0.2) is 0 Å². The predicted molar refractivity (Wildman–Crippen MR) is 105 cm³/mol. The molecule has 0 unspecified atom stereocenters. The Bertz CT molecular complexity index is 803. The van der Waals surface area contributed by atoms with E-state index >= 15 is 0 Å². The maximum atomic E-state index is 12.7. The van der Waals surface area contributed by atoms with Crippen molar-refractivity contribution in [1.29, 1.82) is 0 Å². The molecule has 0 spiro atoms. The van der Waals surface area contributed by atoms with Crippen LogP contribution < -0.4 is 5.32 Å². The first-order valence-electron chi connectivity index (χ1n) is 9.27. The average Bonchev–Trinajstić information content (AvgIpc) is 3.17. The van der Waals surface area contributed by atoms with E-state index in [2.05, 4.69) is 19.2 Å². The van der Waals surface area contributed by atoms with Crippen molar-refractivity contribution in [2.24, 2.45) is 0 Å². The van der Waals surface area contributed by atoms with Crippen LogP contribution in [-0.2, 0) is 0 Å². The summed E-state index contributed by atoms with van der Waals surface area (Å²) in [4.78, 5) is 27.0. The quantitative estimate of drug-likeness (QED) is 0.875. The summed E-state index contributed by atoms with van der Waals surface area (Å²) in [5, 5.41) is 3.05. The molecule has 1 heterocycles. The van der Waals surface area contributed by atoms with Crippen LogP contribution in [-0.4, -0.2) is 29.8 Å². The Morgan fingerprint density at radius 3 is 2.19 bits per heavy atom. The average molecular weight is 350 g/mol. The van der Waals surface area contributed by atoms with Gasteiger partial charge in [-0.05, 0) is 61.1 Å². The topological polar surface area (TPSA) is 49.4 Å². The maximum absolute atomic E-state index is 12.7. The molecule has 26 heavy (non-hydrogen) atoms. The molecule has 0 atom stereocenters. The molecule has 3 rings (SSSR count). The molecular formula is C22H26N2O2. The normalized spacial score (nSPS) is 13.9. The van der Waals surface area contributed by atoms with E-state index in [9.17, 15) is 9.59 Å². The van der Waals surface area contributed by atoms with Gasteiger partial charge in [0.05, 0.1) is 0 Å². The third-order valence-corrected chi connectivity index (χ3v) is 4.95. The highest BCUT2D eigenvalue weighted by Crippen LogP contribution is 2.28. The number of hydrogen-bond donors (Lipinski definition) is 1. The van der Waals surface area contributed by atoms with E-state index in [4.69, 9.17) is 0 Å². The van der Waals surface area contributed by atoms with Gasteiger partial charge in [0.1, 0.15) is 0 Å². The fourth-order valence-corrected chi connectivity index (χ4v) is 3.40. The minimum atomic E-state index is -0.152. The molecule has 0 aromatic heterocycles. The molecule has 1 aliphatic heterocycles. The highest BCUT2D eigenvalue weighted by atomic mass is 16.2. The summed E-state index contributed by atoms with van der Waals surface area (Å²) in [6.45, 7) is 7.88. The van der Waals surface area contributed by atoms with Gasteiger partial charge in [0.25, 0.3) is 11.8 Å². The van der Waals surface area contributed by atoms with Crippen LogP contribution in [0.3, 0.4) is 0 Å². The van der Waals surface area contributed by atoms with Crippen LogP contribution in [0.15, 0.2) is 42.5 Å². The molecule has 0 bridgehead atoms. The van der Waals surface area contributed by atoms with E-state index in [-0.39, 0.29) is 11.8 Å². The largest absolute Gasteiger partial charge is 0.339 e. The zero-order valence-electron chi connectivity index (χ0n) is 15.7. The van der Waals surface area contributed by atoms with E-state index in [1.807, 2.05) is 30.0 Å². The Morgan fingerprint density at radius 1 is 0.962 bits per heavy atom. The van der Waals surface area contributed by atoms with E-state index in [0.29, 0.717) is 17.0 Å². The molecule has 136 valence electrons. The molecular weight excluding hydrogens is 324 g/mol. The number of carbonyl (C=O) groups excluding carboxylic acids is 2. The summed E-state index contributed by atoms with van der Waals surface area (Å²) in [6, 6.07) is 13.0. The van der Waals surface area contributed by atoms with Crippen LogP contribution in [0.5, 0.6) is 0 Å². The van der Waals surface area contributed by atoms with E-state index in [1.54, 1.807) is 24.3 Å². The number of nitrogens with zero attached hydrogens (tertiary/aromatic N) is 1. The van der Waals surface area contributed by atoms with Crippen molar-refractivity contribution in [3.05, 3.63) is 64.7 Å². The minimum absolute atomic E-state index is 0.0513. The van der Waals surface area contributed by atoms with Crippen molar-refractivity contribution in [2.75, 3.05) is 18.4 Å². The summed E-state index contributed by atoms with van der Waals surface area (Å²) in [6.07, 6.45) is 2.14. The van der Waals surface area contributed by atoms with Gasteiger partial charge in [-0.2, -0.15) is 0 Å². The summed E-state index contributed by atoms with van der Waals surface area (Å²) in [7, 11) is 0. The number of benzene rings is 2. The number of anilines is 1. The number of likely N-dealkylation sites (tertiary alicyclic amines) is 1. The van der Waals surface area contributed by atoms with Gasteiger partial charge in [-0.15, -0.1) is 0 Å². The van der Waals surface area contributed by atoms with Gasteiger partial charge in [0, 0.05) is 29.9 Å². The third kappa shape index (κ3) is 3.79. The zero-order chi connectivity index (χ0) is 18.7. The molecule has 1 aliphatic rings. The molecule has 1 fully saturated rings. The fourth-order valence-electron chi connectivity index (χ4n) is 3.40. The lowest BCUT2D eigenvalue weighted by molar-refractivity contribution is 0.0792. The van der Waals surface area contributed by atoms with E-state index < -0.39 is 0 Å². The second-order valence-corrected chi connectivity index (χ2v) is 7.22. The molecule has 4 heteroatoms. The smallest absolute Gasteiger partial charge is 0.255 e. The summed E-state index contributed by atoms with van der Waals surface area (Å²) in [5.41, 5.74) is 4.25. The van der Waals surface area contributed by atoms with Gasteiger partial charge in [0.15, 0.2) is 0 Å². The van der Waals surface area contributed by atoms with Gasteiger partial charge < -0.3 is 10.2 Å². The number of aryl methyl sites for hydroxylation is 1. The highest BCUT2D eigenvalue weighted by Gasteiger charge is 2.20. The molecule has 1 saturated heterocycles. The molecule has 2 amide bonds. The summed E-state index contributed by atoms with van der Waals surface area (Å²) >= 11 is 0. The first kappa shape index (κ1) is 18.2. The molecule has 2 aromatic carbocycles. The second kappa shape index (κ2) is 7.73. The standard InChI is InChI=1S/C22H26N2O2/c1-15(2)19-8-6-7-16(3)20(19)23-21(25)17-9-11-18(12-10-17)22(26)24-13-4-5-14-24/h6-12,15H,4-5,13-14H2,1-3H3,(H,23,25). The Hall–Kier alpha value is -2.62. The van der Waals surface area contributed by atoms with Gasteiger partial charge in [-0.3, -0.25) is 9.59 Å². The molecule has 1 N–H and O–H groups in total. The van der Waals surface area contributed by atoms with Crippen LogP contribution >= 0.6 is 0 Å². The van der Waals surface area contributed by atoms with Crippen LogP contribution in [0, 0.1) is 6.92 Å². The van der Waals surface area contributed by atoms with E-state index in [1.165, 1.54) is 0 Å². The number of nitrogens with one attached hydrogen (secondary N) is 1. The predicted octanol–water partition coefficient (Wildman–Crippen LogP) is 4.61. The lowest BCUT2D eigenvalue weighted by Gasteiger charge is -2.17. The fraction of sp³-hybridized carbons (Fsp3) is 0.364. The first-order chi connectivity index (χ1) is 12.5. The van der Waals surface area contributed by atoms with Crippen LogP contribution in [0.25, 0.3) is 0 Å². The van der Waals surface area contributed by atoms with E-state index in [0.717, 1.165) is 42.7 Å². The van der Waals surface area contributed by atoms with Crippen LogP contribution in [0.2, 0.25) is 0 Å². The number of rotatable bonds is 4. The zero-order valence-corrected chi connectivity index (χ0v) is 15.7. The van der Waals surface area contributed by atoms with Gasteiger partial charge in [0.2, 0.25) is 0 Å². The Labute approximate surface area is 155 Å².